The molecule has 1 aliphatic heterocycles. The largest absolute Gasteiger partial charge is 0.457 e. The van der Waals surface area contributed by atoms with Gasteiger partial charge in [-0.1, -0.05) is 30.3 Å². The van der Waals surface area contributed by atoms with Crippen molar-refractivity contribution in [2.45, 2.75) is 43.5 Å². The van der Waals surface area contributed by atoms with Gasteiger partial charge in [0.05, 0.1) is 23.8 Å². The summed E-state index contributed by atoms with van der Waals surface area (Å²) in [5.74, 6) is -5.16. The SMILES string of the molecule is CC(C)(c1nnc(-c2cc3c(cc2F)C(F)(F)C[C@H](N)C(=O)N3Cc2ccc(Oc3ccccc3)cc2)o1)S(C)(=O)=O. The number of anilines is 1. The molecule has 0 fully saturated rings. The number of carbonyl (C=O) groups is 1. The number of benzene rings is 3. The topological polar surface area (TPSA) is 129 Å². The zero-order chi connectivity index (χ0) is 30.4. The van der Waals surface area contributed by atoms with Gasteiger partial charge in [-0.25, -0.2) is 21.6 Å². The van der Waals surface area contributed by atoms with Gasteiger partial charge >= 0.3 is 0 Å². The number of carbonyl (C=O) groups excluding carboxylic acids is 1. The summed E-state index contributed by atoms with van der Waals surface area (Å²) in [6.07, 6.45) is -0.0414. The number of hydrogen-bond acceptors (Lipinski definition) is 8. The molecule has 13 heteroatoms. The molecule has 2 heterocycles. The Hall–Kier alpha value is -4.23. The quantitative estimate of drug-likeness (QED) is 0.303. The van der Waals surface area contributed by atoms with E-state index in [0.717, 1.165) is 17.2 Å². The maximum absolute atomic E-state index is 15.3. The third-order valence-electron chi connectivity index (χ3n) is 7.17. The lowest BCUT2D eigenvalue weighted by molar-refractivity contribution is -0.122. The number of nitrogens with zero attached hydrogens (tertiary/aromatic N) is 3. The summed E-state index contributed by atoms with van der Waals surface area (Å²) >= 11 is 0. The molecule has 0 radical (unpaired) electrons. The minimum Gasteiger partial charge on any atom is -0.457 e. The summed E-state index contributed by atoms with van der Waals surface area (Å²) in [7, 11) is -3.71. The van der Waals surface area contributed by atoms with Crippen LogP contribution in [0.3, 0.4) is 0 Å². The van der Waals surface area contributed by atoms with Crippen molar-refractivity contribution >= 4 is 21.4 Å². The highest BCUT2D eigenvalue weighted by molar-refractivity contribution is 7.91. The summed E-state index contributed by atoms with van der Waals surface area (Å²) < 4.78 is 80.0. The summed E-state index contributed by atoms with van der Waals surface area (Å²) in [6.45, 7) is 2.51. The van der Waals surface area contributed by atoms with Gasteiger partial charge in [0.15, 0.2) is 9.84 Å². The number of rotatable bonds is 7. The fourth-order valence-electron chi connectivity index (χ4n) is 4.40. The maximum Gasteiger partial charge on any atom is 0.277 e. The lowest BCUT2D eigenvalue weighted by atomic mass is 9.99. The number of ether oxygens (including phenoxy) is 1. The van der Waals surface area contributed by atoms with Gasteiger partial charge in [-0.15, -0.1) is 10.2 Å². The van der Waals surface area contributed by atoms with Gasteiger partial charge < -0.3 is 19.8 Å². The number of para-hydroxylation sites is 1. The second-order valence-corrected chi connectivity index (χ2v) is 13.1. The predicted molar refractivity (Wildman–Crippen MR) is 148 cm³/mol. The molecule has 3 aromatic carbocycles. The molecular weight excluding hydrogens is 573 g/mol. The first-order valence-corrected chi connectivity index (χ1v) is 14.7. The molecule has 0 aliphatic carbocycles. The molecule has 4 aromatic rings. The van der Waals surface area contributed by atoms with Gasteiger partial charge in [0.1, 0.15) is 22.1 Å². The standard InChI is InChI=1S/C29H27F3N4O5S/c1-28(2,42(3,38)39)27-35-34-25(41-27)20-13-24-21(14-22(20)30)29(31,32)15-23(33)26(37)36(24)16-17-9-11-19(12-10-17)40-18-7-5-4-6-8-18/h4-14,23H,15-16,33H2,1-3H3/t23-/m0/s1. The van der Waals surface area contributed by atoms with E-state index in [0.29, 0.717) is 23.1 Å². The van der Waals surface area contributed by atoms with E-state index in [2.05, 4.69) is 10.2 Å². The first-order chi connectivity index (χ1) is 19.7. The fraction of sp³-hybridized carbons (Fsp3) is 0.276. The van der Waals surface area contributed by atoms with Crippen molar-refractivity contribution in [1.82, 2.24) is 10.2 Å². The first kappa shape index (κ1) is 29.3. The first-order valence-electron chi connectivity index (χ1n) is 12.8. The Morgan fingerprint density at radius 1 is 1.07 bits per heavy atom. The number of amides is 1. The van der Waals surface area contributed by atoms with Crippen molar-refractivity contribution in [2.75, 3.05) is 11.2 Å². The number of alkyl halides is 2. The normalized spacial score (nSPS) is 17.1. The summed E-state index contributed by atoms with van der Waals surface area (Å²) in [4.78, 5) is 14.4. The molecule has 2 N–H and O–H groups in total. The number of sulfone groups is 1. The van der Waals surface area contributed by atoms with Crippen LogP contribution < -0.4 is 15.4 Å². The lowest BCUT2D eigenvalue weighted by Crippen LogP contribution is -2.43. The average Bonchev–Trinajstić information content (AvgIpc) is 3.41. The van der Waals surface area contributed by atoms with Crippen LogP contribution in [-0.2, 0) is 31.8 Å². The van der Waals surface area contributed by atoms with E-state index < -0.39 is 56.1 Å². The molecule has 0 saturated carbocycles. The molecule has 220 valence electrons. The Bertz CT molecular complexity index is 1740. The molecule has 0 spiro atoms. The Kier molecular flexibility index (Phi) is 7.35. The van der Waals surface area contributed by atoms with Gasteiger partial charge in [-0.3, -0.25) is 4.79 Å². The lowest BCUT2D eigenvalue weighted by Gasteiger charge is -2.25. The van der Waals surface area contributed by atoms with E-state index >= 15 is 13.2 Å². The molecule has 1 aromatic heterocycles. The number of halogens is 3. The molecule has 1 amide bonds. The molecular formula is C29H27F3N4O5S. The molecule has 0 bridgehead atoms. The third kappa shape index (κ3) is 5.49. The number of aromatic nitrogens is 2. The van der Waals surface area contributed by atoms with Crippen LogP contribution in [0, 0.1) is 5.82 Å². The number of hydrogen-bond donors (Lipinski definition) is 1. The monoisotopic (exact) mass is 600 g/mol. The van der Waals surface area contributed by atoms with E-state index in [1.165, 1.54) is 13.8 Å². The van der Waals surface area contributed by atoms with Crippen molar-refractivity contribution in [1.29, 1.82) is 0 Å². The molecule has 1 atom stereocenters. The predicted octanol–water partition coefficient (Wildman–Crippen LogP) is 5.30. The summed E-state index contributed by atoms with van der Waals surface area (Å²) in [5.41, 5.74) is 5.04. The van der Waals surface area contributed by atoms with Gasteiger partial charge in [-0.05, 0) is 55.8 Å². The van der Waals surface area contributed by atoms with Crippen molar-refractivity contribution in [3.63, 3.8) is 0 Å². The molecule has 0 saturated heterocycles. The Labute approximate surface area is 240 Å². The zero-order valence-corrected chi connectivity index (χ0v) is 23.7. The zero-order valence-electron chi connectivity index (χ0n) is 22.8. The van der Waals surface area contributed by atoms with Crippen LogP contribution in [0.1, 0.15) is 37.3 Å². The van der Waals surface area contributed by atoms with Crippen LogP contribution in [0.4, 0.5) is 18.9 Å². The highest BCUT2D eigenvalue weighted by Gasteiger charge is 2.45. The van der Waals surface area contributed by atoms with Crippen LogP contribution >= 0.6 is 0 Å². The fourth-order valence-corrected chi connectivity index (χ4v) is 4.80. The highest BCUT2D eigenvalue weighted by Crippen LogP contribution is 2.45. The average molecular weight is 601 g/mol. The minimum absolute atomic E-state index is 0.164. The van der Waals surface area contributed by atoms with Crippen molar-refractivity contribution < 1.29 is 35.5 Å². The van der Waals surface area contributed by atoms with Crippen LogP contribution in [-0.4, -0.2) is 36.8 Å². The van der Waals surface area contributed by atoms with Crippen LogP contribution in [0.25, 0.3) is 11.5 Å². The Balaban J connectivity index is 1.54. The van der Waals surface area contributed by atoms with E-state index in [1.54, 1.807) is 36.4 Å². The van der Waals surface area contributed by atoms with Gasteiger partial charge in [0.25, 0.3) is 11.8 Å². The molecule has 1 aliphatic rings. The molecule has 5 rings (SSSR count). The van der Waals surface area contributed by atoms with Crippen molar-refractivity contribution in [2.24, 2.45) is 5.73 Å². The third-order valence-corrected chi connectivity index (χ3v) is 9.20. The van der Waals surface area contributed by atoms with Gasteiger partial charge in [0.2, 0.25) is 11.8 Å². The highest BCUT2D eigenvalue weighted by atomic mass is 32.2. The van der Waals surface area contributed by atoms with E-state index in [4.69, 9.17) is 14.9 Å². The molecule has 9 nitrogen and oxygen atoms in total. The molecule has 0 unspecified atom stereocenters. The van der Waals surface area contributed by atoms with E-state index in [9.17, 15) is 13.2 Å². The van der Waals surface area contributed by atoms with Crippen LogP contribution in [0.2, 0.25) is 0 Å². The number of fused-ring (bicyclic) bond motifs is 1. The summed E-state index contributed by atoms with van der Waals surface area (Å²) in [5, 5.41) is 7.53. The number of nitrogens with two attached hydrogens (primary N) is 1. The van der Waals surface area contributed by atoms with Crippen molar-refractivity contribution in [3.8, 4) is 23.0 Å². The Morgan fingerprint density at radius 2 is 1.71 bits per heavy atom. The van der Waals surface area contributed by atoms with Crippen LogP contribution in [0.5, 0.6) is 11.5 Å². The summed E-state index contributed by atoms with van der Waals surface area (Å²) in [6, 6.07) is 15.8. The second-order valence-electron chi connectivity index (χ2n) is 10.5. The maximum atomic E-state index is 15.3. The van der Waals surface area contributed by atoms with Crippen molar-refractivity contribution in [3.05, 3.63) is 89.6 Å². The van der Waals surface area contributed by atoms with Gasteiger partial charge in [0, 0.05) is 18.2 Å². The van der Waals surface area contributed by atoms with E-state index in [-0.39, 0.29) is 23.7 Å². The minimum atomic E-state index is -3.71. The van der Waals surface area contributed by atoms with Gasteiger partial charge in [-0.2, -0.15) is 0 Å². The molecule has 42 heavy (non-hydrogen) atoms. The second kappa shape index (κ2) is 10.6. The smallest absolute Gasteiger partial charge is 0.277 e. The Morgan fingerprint density at radius 3 is 2.36 bits per heavy atom. The van der Waals surface area contributed by atoms with Crippen LogP contribution in [0.15, 0.2) is 71.1 Å². The van der Waals surface area contributed by atoms with E-state index in [1.807, 2.05) is 18.2 Å².